The van der Waals surface area contributed by atoms with E-state index in [0.717, 1.165) is 38.3 Å². The molecule has 1 saturated heterocycles. The van der Waals surface area contributed by atoms with Gasteiger partial charge in [0, 0.05) is 30.9 Å². The minimum Gasteiger partial charge on any atom is -0.399 e. The Morgan fingerprint density at radius 3 is 2.89 bits per heavy atom. The minimum atomic E-state index is 0.470. The van der Waals surface area contributed by atoms with E-state index >= 15 is 0 Å². The topological polar surface area (TPSA) is 45.4 Å². The van der Waals surface area contributed by atoms with Crippen molar-refractivity contribution in [2.45, 2.75) is 25.8 Å². The van der Waals surface area contributed by atoms with Gasteiger partial charge in [0.25, 0.3) is 0 Å². The number of hydrogen-bond donors (Lipinski definition) is 1. The van der Waals surface area contributed by atoms with Crippen LogP contribution in [-0.4, -0.2) is 42.6 Å². The highest BCUT2D eigenvalue weighted by molar-refractivity contribution is 6.29. The monoisotopic (exact) mass is 268 g/mol. The Hall–Kier alpha value is -1.00. The molecule has 18 heavy (non-hydrogen) atoms. The molecule has 1 unspecified atom stereocenters. The number of nitrogens with two attached hydrogens (primary N) is 1. The van der Waals surface area contributed by atoms with Gasteiger partial charge in [-0.3, -0.25) is 0 Å². The maximum atomic E-state index is 6.00. The molecule has 0 aromatic carbocycles. The van der Waals surface area contributed by atoms with E-state index in [4.69, 9.17) is 17.3 Å². The highest BCUT2D eigenvalue weighted by atomic mass is 35.5. The molecule has 4 nitrogen and oxygen atoms in total. The van der Waals surface area contributed by atoms with E-state index in [-0.39, 0.29) is 0 Å². The first-order valence-corrected chi connectivity index (χ1v) is 6.86. The molecule has 5 heteroatoms. The minimum absolute atomic E-state index is 0.470. The Morgan fingerprint density at radius 1 is 1.44 bits per heavy atom. The Bertz CT molecular complexity index is 390. The zero-order chi connectivity index (χ0) is 13.1. The highest BCUT2D eigenvalue weighted by Crippen LogP contribution is 2.24. The summed E-state index contributed by atoms with van der Waals surface area (Å²) in [6.45, 7) is 5.41. The molecular weight excluding hydrogens is 248 g/mol. The fourth-order valence-electron chi connectivity index (χ4n) is 2.54. The second kappa shape index (κ2) is 5.76. The summed E-state index contributed by atoms with van der Waals surface area (Å²) in [5.74, 6) is 0.905. The molecule has 2 N–H and O–H groups in total. The van der Waals surface area contributed by atoms with Crippen molar-refractivity contribution in [2.24, 2.45) is 0 Å². The molecule has 0 aliphatic carbocycles. The number of likely N-dealkylation sites (N-methyl/N-ethyl adjacent to an activating group) is 1. The highest BCUT2D eigenvalue weighted by Gasteiger charge is 2.23. The van der Waals surface area contributed by atoms with E-state index in [1.807, 2.05) is 6.07 Å². The van der Waals surface area contributed by atoms with Crippen molar-refractivity contribution in [2.75, 3.05) is 37.3 Å². The quantitative estimate of drug-likeness (QED) is 0.836. The average molecular weight is 269 g/mol. The van der Waals surface area contributed by atoms with Crippen molar-refractivity contribution in [3.8, 4) is 0 Å². The number of anilines is 2. The summed E-state index contributed by atoms with van der Waals surface area (Å²) in [6, 6.07) is 4.08. The zero-order valence-electron chi connectivity index (χ0n) is 11.1. The predicted molar refractivity (Wildman–Crippen MR) is 77.2 cm³/mol. The third-order valence-electron chi connectivity index (χ3n) is 3.47. The molecule has 0 saturated carbocycles. The fraction of sp³-hybridized carbons (Fsp3) is 0.615. The van der Waals surface area contributed by atoms with Crippen LogP contribution < -0.4 is 10.6 Å². The number of pyridine rings is 1. The van der Waals surface area contributed by atoms with Gasteiger partial charge in [0.05, 0.1) is 0 Å². The van der Waals surface area contributed by atoms with Crippen LogP contribution in [0.25, 0.3) is 0 Å². The lowest BCUT2D eigenvalue weighted by Gasteiger charge is -2.31. The Balaban J connectivity index is 2.28. The number of nitrogens with zero attached hydrogens (tertiary/aromatic N) is 3. The molecule has 1 atom stereocenters. The molecule has 1 fully saturated rings. The van der Waals surface area contributed by atoms with Crippen LogP contribution in [0, 0.1) is 0 Å². The van der Waals surface area contributed by atoms with Crippen molar-refractivity contribution in [1.29, 1.82) is 0 Å². The fourth-order valence-corrected chi connectivity index (χ4v) is 2.76. The van der Waals surface area contributed by atoms with Gasteiger partial charge in [-0.15, -0.1) is 0 Å². The van der Waals surface area contributed by atoms with Crippen LogP contribution in [0.2, 0.25) is 5.15 Å². The van der Waals surface area contributed by atoms with Gasteiger partial charge in [-0.2, -0.15) is 0 Å². The lowest BCUT2D eigenvalue weighted by molar-refractivity contribution is 0.327. The third-order valence-corrected chi connectivity index (χ3v) is 3.66. The van der Waals surface area contributed by atoms with Crippen molar-refractivity contribution >= 4 is 23.1 Å². The molecule has 2 rings (SSSR count). The smallest absolute Gasteiger partial charge is 0.133 e. The summed E-state index contributed by atoms with van der Waals surface area (Å²) in [7, 11) is 2.17. The van der Waals surface area contributed by atoms with Crippen molar-refractivity contribution in [1.82, 2.24) is 9.88 Å². The van der Waals surface area contributed by atoms with Crippen molar-refractivity contribution in [3.63, 3.8) is 0 Å². The standard InChI is InChI=1S/C13H21ClN4/c1-3-11-9-17(2)5-4-6-18(11)13-8-10(15)7-12(14)16-13/h7-8,11H,3-6,9H2,1-2H3,(H2,15,16). The number of nitrogen functional groups attached to an aromatic ring is 1. The van der Waals surface area contributed by atoms with Gasteiger partial charge < -0.3 is 15.5 Å². The second-order valence-electron chi connectivity index (χ2n) is 4.95. The first-order valence-electron chi connectivity index (χ1n) is 6.48. The van der Waals surface area contributed by atoms with Crippen molar-refractivity contribution < 1.29 is 0 Å². The SMILES string of the molecule is CCC1CN(C)CCCN1c1cc(N)cc(Cl)n1. The molecule has 0 spiro atoms. The predicted octanol–water partition coefficient (Wildman–Crippen LogP) is 2.24. The normalized spacial score (nSPS) is 21.9. The van der Waals surface area contributed by atoms with E-state index in [1.54, 1.807) is 6.07 Å². The van der Waals surface area contributed by atoms with Crippen LogP contribution in [0.3, 0.4) is 0 Å². The van der Waals surface area contributed by atoms with Crippen LogP contribution in [0.5, 0.6) is 0 Å². The van der Waals surface area contributed by atoms with E-state index in [1.165, 1.54) is 0 Å². The van der Waals surface area contributed by atoms with E-state index in [2.05, 4.69) is 28.8 Å². The number of aromatic nitrogens is 1. The molecule has 1 aromatic rings. The molecule has 2 heterocycles. The molecule has 1 aliphatic rings. The molecular formula is C13H21ClN4. The van der Waals surface area contributed by atoms with Gasteiger partial charge in [-0.1, -0.05) is 18.5 Å². The maximum absolute atomic E-state index is 6.00. The molecule has 100 valence electrons. The van der Waals surface area contributed by atoms with Crippen LogP contribution in [0.15, 0.2) is 12.1 Å². The Kier molecular flexibility index (Phi) is 4.30. The molecule has 1 aromatic heterocycles. The molecule has 0 bridgehead atoms. The average Bonchev–Trinajstić information content (AvgIpc) is 2.49. The summed E-state index contributed by atoms with van der Waals surface area (Å²) < 4.78 is 0. The van der Waals surface area contributed by atoms with Gasteiger partial charge in [-0.25, -0.2) is 4.98 Å². The van der Waals surface area contributed by atoms with Crippen LogP contribution in [0.1, 0.15) is 19.8 Å². The number of hydrogen-bond acceptors (Lipinski definition) is 4. The lowest BCUT2D eigenvalue weighted by Crippen LogP contribution is -2.40. The number of rotatable bonds is 2. The molecule has 1 aliphatic heterocycles. The summed E-state index contributed by atoms with van der Waals surface area (Å²) in [5.41, 5.74) is 6.54. The largest absolute Gasteiger partial charge is 0.399 e. The van der Waals surface area contributed by atoms with Gasteiger partial charge in [0.2, 0.25) is 0 Å². The summed E-state index contributed by atoms with van der Waals surface area (Å²) in [5, 5.41) is 0.470. The maximum Gasteiger partial charge on any atom is 0.133 e. The second-order valence-corrected chi connectivity index (χ2v) is 5.34. The van der Waals surface area contributed by atoms with Crippen molar-refractivity contribution in [3.05, 3.63) is 17.3 Å². The van der Waals surface area contributed by atoms with Gasteiger partial charge >= 0.3 is 0 Å². The third kappa shape index (κ3) is 3.06. The molecule has 0 amide bonds. The first kappa shape index (κ1) is 13.4. The van der Waals surface area contributed by atoms with Gasteiger partial charge in [0.1, 0.15) is 11.0 Å². The summed E-state index contributed by atoms with van der Waals surface area (Å²) in [4.78, 5) is 9.13. The Morgan fingerprint density at radius 2 is 2.22 bits per heavy atom. The first-order chi connectivity index (χ1) is 8.60. The van der Waals surface area contributed by atoms with E-state index in [0.29, 0.717) is 16.9 Å². The zero-order valence-corrected chi connectivity index (χ0v) is 11.8. The summed E-state index contributed by atoms with van der Waals surface area (Å²) >= 11 is 6.00. The van der Waals surface area contributed by atoms with Gasteiger partial charge in [0.15, 0.2) is 0 Å². The number of halogens is 1. The van der Waals surface area contributed by atoms with Crippen LogP contribution >= 0.6 is 11.6 Å². The van der Waals surface area contributed by atoms with E-state index < -0.39 is 0 Å². The van der Waals surface area contributed by atoms with E-state index in [9.17, 15) is 0 Å². The van der Waals surface area contributed by atoms with Gasteiger partial charge in [-0.05, 0) is 32.5 Å². The summed E-state index contributed by atoms with van der Waals surface area (Å²) in [6.07, 6.45) is 2.24. The van der Waals surface area contributed by atoms with Crippen LogP contribution in [0.4, 0.5) is 11.5 Å². The van der Waals surface area contributed by atoms with Crippen LogP contribution in [-0.2, 0) is 0 Å². The lowest BCUT2D eigenvalue weighted by atomic mass is 10.2. The molecule has 0 radical (unpaired) electrons. The Labute approximate surface area is 114 Å².